The molecule has 1 unspecified atom stereocenters. The first-order valence-electron chi connectivity index (χ1n) is 6.96. The van der Waals surface area contributed by atoms with Crippen LogP contribution in [0.15, 0.2) is 47.8 Å². The molecule has 102 valence electrons. The van der Waals surface area contributed by atoms with Crippen LogP contribution in [-0.2, 0) is 0 Å². The van der Waals surface area contributed by atoms with Gasteiger partial charge in [0.25, 0.3) is 0 Å². The largest absolute Gasteiger partial charge is 0.352 e. The predicted octanol–water partition coefficient (Wildman–Crippen LogP) is 5.20. The normalized spacial score (nSPS) is 19.5. The molecular formula is C17H22ClN. The predicted molar refractivity (Wildman–Crippen MR) is 83.3 cm³/mol. The molecular weight excluding hydrogens is 254 g/mol. The zero-order valence-corrected chi connectivity index (χ0v) is 12.9. The summed E-state index contributed by atoms with van der Waals surface area (Å²) in [7, 11) is 0. The Kier molecular flexibility index (Phi) is 4.36. The maximum absolute atomic E-state index is 6.38. The van der Waals surface area contributed by atoms with E-state index in [4.69, 9.17) is 11.6 Å². The Morgan fingerprint density at radius 3 is 2.53 bits per heavy atom. The minimum atomic E-state index is 0.302. The van der Waals surface area contributed by atoms with Crippen LogP contribution in [-0.4, -0.2) is 11.4 Å². The topological polar surface area (TPSA) is 3.24 Å². The first-order valence-corrected chi connectivity index (χ1v) is 7.34. The molecule has 1 aliphatic rings. The molecule has 0 fully saturated rings. The molecule has 1 nitrogen and oxygen atoms in total. The second kappa shape index (κ2) is 5.83. The Balaban J connectivity index is 2.49. The highest BCUT2D eigenvalue weighted by molar-refractivity contribution is 6.31. The van der Waals surface area contributed by atoms with Crippen LogP contribution in [0.25, 0.3) is 0 Å². The lowest BCUT2D eigenvalue weighted by Crippen LogP contribution is -2.24. The van der Waals surface area contributed by atoms with E-state index in [1.54, 1.807) is 0 Å². The van der Waals surface area contributed by atoms with E-state index in [1.165, 1.54) is 16.8 Å². The van der Waals surface area contributed by atoms with Gasteiger partial charge in [-0.15, -0.1) is 0 Å². The van der Waals surface area contributed by atoms with Crippen LogP contribution in [0.4, 0.5) is 0 Å². The molecule has 19 heavy (non-hydrogen) atoms. The second-order valence-corrected chi connectivity index (χ2v) is 5.73. The van der Waals surface area contributed by atoms with E-state index in [0.717, 1.165) is 11.6 Å². The molecule has 0 aliphatic carbocycles. The summed E-state index contributed by atoms with van der Waals surface area (Å²) in [5.41, 5.74) is 4.04. The van der Waals surface area contributed by atoms with Gasteiger partial charge < -0.3 is 4.90 Å². The van der Waals surface area contributed by atoms with Crippen molar-refractivity contribution in [3.05, 3.63) is 58.4 Å². The molecule has 1 atom stereocenters. The molecule has 0 saturated carbocycles. The van der Waals surface area contributed by atoms with E-state index in [-0.39, 0.29) is 0 Å². The van der Waals surface area contributed by atoms with Crippen LogP contribution in [0, 0.1) is 5.92 Å². The van der Waals surface area contributed by atoms with Crippen molar-refractivity contribution in [2.45, 2.75) is 33.6 Å². The maximum Gasteiger partial charge on any atom is 0.0447 e. The molecule has 0 bridgehead atoms. The summed E-state index contributed by atoms with van der Waals surface area (Å²) >= 11 is 6.38. The monoisotopic (exact) mass is 275 g/mol. The zero-order valence-electron chi connectivity index (χ0n) is 12.2. The molecule has 0 aromatic heterocycles. The van der Waals surface area contributed by atoms with Gasteiger partial charge in [0.05, 0.1) is 0 Å². The summed E-state index contributed by atoms with van der Waals surface area (Å²) in [5.74, 6) is 0.816. The number of benzene rings is 1. The molecule has 0 N–H and O–H groups in total. The number of allylic oxidation sites excluding steroid dienone is 3. The summed E-state index contributed by atoms with van der Waals surface area (Å²) in [5, 5.41) is 0.855. The fraction of sp³-hybridized carbons (Fsp3) is 0.412. The molecule has 0 radical (unpaired) electrons. The third-order valence-electron chi connectivity index (χ3n) is 3.85. The van der Waals surface area contributed by atoms with Gasteiger partial charge in [0, 0.05) is 29.4 Å². The third-order valence-corrected chi connectivity index (χ3v) is 4.19. The maximum atomic E-state index is 6.38. The van der Waals surface area contributed by atoms with E-state index in [2.05, 4.69) is 57.0 Å². The molecule has 1 heterocycles. The van der Waals surface area contributed by atoms with E-state index >= 15 is 0 Å². The van der Waals surface area contributed by atoms with Crippen LogP contribution in [0.3, 0.4) is 0 Å². The molecule has 0 spiro atoms. The van der Waals surface area contributed by atoms with Gasteiger partial charge >= 0.3 is 0 Å². The number of hydrogen-bond donors (Lipinski definition) is 0. The Hall–Kier alpha value is -1.21. The second-order valence-electron chi connectivity index (χ2n) is 5.32. The fourth-order valence-electron chi connectivity index (χ4n) is 2.91. The van der Waals surface area contributed by atoms with Crippen LogP contribution in [0.1, 0.15) is 39.2 Å². The van der Waals surface area contributed by atoms with Crippen molar-refractivity contribution >= 4 is 11.6 Å². The highest BCUT2D eigenvalue weighted by Crippen LogP contribution is 2.39. The van der Waals surface area contributed by atoms with Crippen LogP contribution in [0.5, 0.6) is 0 Å². The van der Waals surface area contributed by atoms with Gasteiger partial charge in [0.1, 0.15) is 0 Å². The number of nitrogens with zero attached hydrogens (tertiary/aromatic N) is 1. The van der Waals surface area contributed by atoms with Gasteiger partial charge in [0.15, 0.2) is 0 Å². The van der Waals surface area contributed by atoms with E-state index < -0.39 is 0 Å². The van der Waals surface area contributed by atoms with Crippen molar-refractivity contribution in [2.24, 2.45) is 5.92 Å². The quantitative estimate of drug-likeness (QED) is 0.733. The van der Waals surface area contributed by atoms with Crippen molar-refractivity contribution in [3.63, 3.8) is 0 Å². The molecule has 2 rings (SSSR count). The Morgan fingerprint density at radius 2 is 1.95 bits per heavy atom. The Bertz CT molecular complexity index is 514. The average molecular weight is 276 g/mol. The van der Waals surface area contributed by atoms with E-state index in [9.17, 15) is 0 Å². The first kappa shape index (κ1) is 14.2. The van der Waals surface area contributed by atoms with Gasteiger partial charge in [-0.3, -0.25) is 0 Å². The highest BCUT2D eigenvalue weighted by Gasteiger charge is 2.25. The standard InChI is InChI=1S/C17H22ClN/c1-5-19-11-10-15(17(12(2)3)13(19)4)14-8-6-7-9-16(14)18/h6-12,15H,5H2,1-4H3. The summed E-state index contributed by atoms with van der Waals surface area (Å²) < 4.78 is 0. The van der Waals surface area contributed by atoms with Crippen molar-refractivity contribution in [1.29, 1.82) is 0 Å². The zero-order chi connectivity index (χ0) is 14.0. The van der Waals surface area contributed by atoms with Crippen molar-refractivity contribution in [3.8, 4) is 0 Å². The molecule has 1 aromatic rings. The summed E-state index contributed by atoms with van der Waals surface area (Å²) in [4.78, 5) is 2.31. The molecule has 0 amide bonds. The Morgan fingerprint density at radius 1 is 1.26 bits per heavy atom. The van der Waals surface area contributed by atoms with Gasteiger partial charge in [-0.05, 0) is 37.0 Å². The molecule has 2 heteroatoms. The van der Waals surface area contributed by atoms with Crippen LogP contribution < -0.4 is 0 Å². The summed E-state index contributed by atoms with van der Waals surface area (Å²) in [6, 6.07) is 8.16. The molecule has 1 aliphatic heterocycles. The minimum absolute atomic E-state index is 0.302. The van der Waals surface area contributed by atoms with Gasteiger partial charge in [-0.25, -0.2) is 0 Å². The van der Waals surface area contributed by atoms with E-state index in [1.807, 2.05) is 12.1 Å². The van der Waals surface area contributed by atoms with Gasteiger partial charge in [-0.2, -0.15) is 0 Å². The van der Waals surface area contributed by atoms with Gasteiger partial charge in [0.2, 0.25) is 0 Å². The average Bonchev–Trinajstić information content (AvgIpc) is 2.38. The SMILES string of the molecule is CCN1C=CC(c2ccccc2Cl)C(C(C)C)=C1C. The number of halogens is 1. The molecule has 1 aromatic carbocycles. The Labute approximate surface area is 121 Å². The van der Waals surface area contributed by atoms with Gasteiger partial charge in [-0.1, -0.05) is 49.7 Å². The van der Waals surface area contributed by atoms with Crippen LogP contribution >= 0.6 is 11.6 Å². The highest BCUT2D eigenvalue weighted by atomic mass is 35.5. The first-order chi connectivity index (χ1) is 9.06. The lowest BCUT2D eigenvalue weighted by atomic mass is 9.81. The van der Waals surface area contributed by atoms with Crippen molar-refractivity contribution < 1.29 is 0 Å². The fourth-order valence-corrected chi connectivity index (χ4v) is 3.17. The lowest BCUT2D eigenvalue weighted by molar-refractivity contribution is 0.454. The van der Waals surface area contributed by atoms with E-state index in [0.29, 0.717) is 11.8 Å². The van der Waals surface area contributed by atoms with Crippen molar-refractivity contribution in [1.82, 2.24) is 4.90 Å². The summed E-state index contributed by atoms with van der Waals surface area (Å²) in [6.45, 7) is 9.92. The smallest absolute Gasteiger partial charge is 0.0447 e. The van der Waals surface area contributed by atoms with Crippen molar-refractivity contribution in [2.75, 3.05) is 6.54 Å². The minimum Gasteiger partial charge on any atom is -0.352 e. The molecule has 0 saturated heterocycles. The third kappa shape index (κ3) is 2.71. The summed E-state index contributed by atoms with van der Waals surface area (Å²) in [6.07, 6.45) is 4.46. The lowest BCUT2D eigenvalue weighted by Gasteiger charge is -2.33. The number of rotatable bonds is 3. The number of hydrogen-bond acceptors (Lipinski definition) is 1. The van der Waals surface area contributed by atoms with Crippen LogP contribution in [0.2, 0.25) is 5.02 Å².